The molecule has 1 fully saturated rings. The second kappa shape index (κ2) is 7.67. The summed E-state index contributed by atoms with van der Waals surface area (Å²) in [5.41, 5.74) is 0. The molecule has 0 aromatic rings. The van der Waals surface area contributed by atoms with Crippen LogP contribution in [0.3, 0.4) is 0 Å². The first-order valence-electron chi connectivity index (χ1n) is 6.64. The van der Waals surface area contributed by atoms with Gasteiger partial charge in [0.2, 0.25) is 0 Å². The van der Waals surface area contributed by atoms with Crippen LogP contribution in [0.4, 0.5) is 0 Å². The number of aliphatic carboxylic acids is 1. The zero-order valence-electron chi connectivity index (χ0n) is 10.9. The summed E-state index contributed by atoms with van der Waals surface area (Å²) in [5.74, 6) is -0.500. The van der Waals surface area contributed by atoms with Crippen molar-refractivity contribution in [3.63, 3.8) is 0 Å². The summed E-state index contributed by atoms with van der Waals surface area (Å²) in [6, 6.07) is 0.344. The van der Waals surface area contributed by atoms with Crippen molar-refractivity contribution in [1.82, 2.24) is 5.32 Å². The molecule has 2 N–H and O–H groups in total. The Kier molecular flexibility index (Phi) is 6.52. The van der Waals surface area contributed by atoms with Crippen LogP contribution in [-0.2, 0) is 9.53 Å². The average molecular weight is 243 g/mol. The number of carboxylic acid groups (broad SMARTS) is 1. The largest absolute Gasteiger partial charge is 0.481 e. The van der Waals surface area contributed by atoms with E-state index in [1.165, 1.54) is 0 Å². The topological polar surface area (TPSA) is 58.6 Å². The molecule has 1 aliphatic carbocycles. The first-order chi connectivity index (χ1) is 8.19. The summed E-state index contributed by atoms with van der Waals surface area (Å²) in [4.78, 5) is 11.2. The third-order valence-electron chi connectivity index (χ3n) is 3.76. The number of hydrogen-bond donors (Lipinski definition) is 2. The maximum atomic E-state index is 11.2. The van der Waals surface area contributed by atoms with Gasteiger partial charge >= 0.3 is 5.97 Å². The summed E-state index contributed by atoms with van der Waals surface area (Å²) in [6.45, 7) is 3.62. The Hall–Kier alpha value is -0.610. The minimum Gasteiger partial charge on any atom is -0.481 e. The van der Waals surface area contributed by atoms with E-state index in [-0.39, 0.29) is 11.8 Å². The summed E-state index contributed by atoms with van der Waals surface area (Å²) >= 11 is 0. The van der Waals surface area contributed by atoms with Crippen molar-refractivity contribution in [2.24, 2.45) is 11.8 Å². The van der Waals surface area contributed by atoms with Crippen molar-refractivity contribution >= 4 is 5.97 Å². The second-order valence-corrected chi connectivity index (χ2v) is 4.96. The predicted octanol–water partition coefficient (Wildman–Crippen LogP) is 1.89. The molecule has 0 spiro atoms. The molecule has 3 unspecified atom stereocenters. The van der Waals surface area contributed by atoms with Crippen molar-refractivity contribution < 1.29 is 14.6 Å². The zero-order valence-corrected chi connectivity index (χ0v) is 10.9. The number of carbonyl (C=O) groups is 1. The van der Waals surface area contributed by atoms with Gasteiger partial charge in [0.05, 0.1) is 12.5 Å². The lowest BCUT2D eigenvalue weighted by Gasteiger charge is -2.30. The van der Waals surface area contributed by atoms with Gasteiger partial charge in [-0.1, -0.05) is 19.8 Å². The van der Waals surface area contributed by atoms with E-state index in [1.54, 1.807) is 7.11 Å². The van der Waals surface area contributed by atoms with Crippen molar-refractivity contribution in [1.29, 1.82) is 0 Å². The fourth-order valence-corrected chi connectivity index (χ4v) is 2.62. The SMILES string of the molecule is CCC(COC)NCC1CCCCC1C(=O)O. The van der Waals surface area contributed by atoms with Crippen LogP contribution in [0.25, 0.3) is 0 Å². The molecule has 0 saturated heterocycles. The number of hydrogen-bond acceptors (Lipinski definition) is 3. The minimum absolute atomic E-state index is 0.156. The number of rotatable bonds is 7. The minimum atomic E-state index is -0.628. The van der Waals surface area contributed by atoms with Crippen LogP contribution in [0.1, 0.15) is 39.0 Å². The van der Waals surface area contributed by atoms with Gasteiger partial charge in [-0.05, 0) is 31.7 Å². The van der Waals surface area contributed by atoms with Gasteiger partial charge in [-0.3, -0.25) is 4.79 Å². The maximum absolute atomic E-state index is 11.2. The highest BCUT2D eigenvalue weighted by atomic mass is 16.5. The molecule has 0 aromatic heterocycles. The first-order valence-corrected chi connectivity index (χ1v) is 6.64. The van der Waals surface area contributed by atoms with Gasteiger partial charge in [0.1, 0.15) is 0 Å². The van der Waals surface area contributed by atoms with Gasteiger partial charge in [0.25, 0.3) is 0 Å². The Morgan fingerprint density at radius 2 is 2.18 bits per heavy atom. The van der Waals surface area contributed by atoms with E-state index in [4.69, 9.17) is 4.74 Å². The second-order valence-electron chi connectivity index (χ2n) is 4.96. The van der Waals surface area contributed by atoms with Gasteiger partial charge in [-0.2, -0.15) is 0 Å². The Morgan fingerprint density at radius 3 is 2.76 bits per heavy atom. The van der Waals surface area contributed by atoms with Crippen LogP contribution >= 0.6 is 0 Å². The van der Waals surface area contributed by atoms with E-state index >= 15 is 0 Å². The molecule has 0 aliphatic heterocycles. The van der Waals surface area contributed by atoms with E-state index < -0.39 is 5.97 Å². The van der Waals surface area contributed by atoms with E-state index in [1.807, 2.05) is 0 Å². The van der Waals surface area contributed by atoms with E-state index in [2.05, 4.69) is 12.2 Å². The molecule has 0 amide bonds. The van der Waals surface area contributed by atoms with Gasteiger partial charge in [0, 0.05) is 13.2 Å². The molecule has 0 heterocycles. The van der Waals surface area contributed by atoms with Crippen LogP contribution in [0, 0.1) is 11.8 Å². The summed E-state index contributed by atoms with van der Waals surface area (Å²) in [7, 11) is 1.70. The molecule has 1 saturated carbocycles. The average Bonchev–Trinajstić information content (AvgIpc) is 2.34. The molecular weight excluding hydrogens is 218 g/mol. The normalized spacial score (nSPS) is 26.7. The summed E-state index contributed by atoms with van der Waals surface area (Å²) in [5, 5.41) is 12.6. The third-order valence-corrected chi connectivity index (χ3v) is 3.76. The molecule has 0 bridgehead atoms. The zero-order chi connectivity index (χ0) is 12.7. The standard InChI is InChI=1S/C13H25NO3/c1-3-11(9-17-2)14-8-10-6-4-5-7-12(10)13(15)16/h10-12,14H,3-9H2,1-2H3,(H,15,16). The molecule has 1 rings (SSSR count). The highest BCUT2D eigenvalue weighted by Gasteiger charge is 2.30. The highest BCUT2D eigenvalue weighted by Crippen LogP contribution is 2.29. The van der Waals surface area contributed by atoms with Gasteiger partial charge in [-0.25, -0.2) is 0 Å². The van der Waals surface area contributed by atoms with E-state index in [9.17, 15) is 9.90 Å². The molecule has 100 valence electrons. The fraction of sp³-hybridized carbons (Fsp3) is 0.923. The molecule has 4 heteroatoms. The Labute approximate surface area is 104 Å². The van der Waals surface area contributed by atoms with E-state index in [0.29, 0.717) is 12.6 Å². The number of carboxylic acids is 1. The molecule has 3 atom stereocenters. The van der Waals surface area contributed by atoms with E-state index in [0.717, 1.165) is 38.6 Å². The van der Waals surface area contributed by atoms with Crippen molar-refractivity contribution in [2.75, 3.05) is 20.3 Å². The van der Waals surface area contributed by atoms with Crippen molar-refractivity contribution in [3.05, 3.63) is 0 Å². The lowest BCUT2D eigenvalue weighted by Crippen LogP contribution is -2.40. The lowest BCUT2D eigenvalue weighted by atomic mass is 9.79. The van der Waals surface area contributed by atoms with Crippen molar-refractivity contribution in [3.8, 4) is 0 Å². The van der Waals surface area contributed by atoms with Crippen LogP contribution in [0.15, 0.2) is 0 Å². The third kappa shape index (κ3) is 4.64. The Bertz CT molecular complexity index is 233. The first kappa shape index (κ1) is 14.5. The smallest absolute Gasteiger partial charge is 0.306 e. The quantitative estimate of drug-likeness (QED) is 0.717. The summed E-state index contributed by atoms with van der Waals surface area (Å²) < 4.78 is 5.13. The molecular formula is C13H25NO3. The summed E-state index contributed by atoms with van der Waals surface area (Å²) in [6.07, 6.45) is 5.11. The molecule has 0 aromatic carbocycles. The van der Waals surface area contributed by atoms with Gasteiger partial charge in [0.15, 0.2) is 0 Å². The molecule has 0 radical (unpaired) electrons. The molecule has 1 aliphatic rings. The van der Waals surface area contributed by atoms with Crippen LogP contribution in [0.5, 0.6) is 0 Å². The van der Waals surface area contributed by atoms with Gasteiger partial charge in [-0.15, -0.1) is 0 Å². The number of ether oxygens (including phenoxy) is 1. The molecule has 17 heavy (non-hydrogen) atoms. The maximum Gasteiger partial charge on any atom is 0.306 e. The lowest BCUT2D eigenvalue weighted by molar-refractivity contribution is -0.144. The van der Waals surface area contributed by atoms with Crippen LogP contribution in [0.2, 0.25) is 0 Å². The van der Waals surface area contributed by atoms with Crippen LogP contribution in [-0.4, -0.2) is 37.4 Å². The number of methoxy groups -OCH3 is 1. The highest BCUT2D eigenvalue weighted by molar-refractivity contribution is 5.70. The van der Waals surface area contributed by atoms with Gasteiger partial charge < -0.3 is 15.2 Å². The predicted molar refractivity (Wildman–Crippen MR) is 67.0 cm³/mol. The number of nitrogens with one attached hydrogen (secondary N) is 1. The Balaban J connectivity index is 2.39. The fourth-order valence-electron chi connectivity index (χ4n) is 2.62. The molecule has 4 nitrogen and oxygen atoms in total. The monoisotopic (exact) mass is 243 g/mol. The van der Waals surface area contributed by atoms with Crippen molar-refractivity contribution in [2.45, 2.75) is 45.1 Å². The van der Waals surface area contributed by atoms with Crippen LogP contribution < -0.4 is 5.32 Å². The Morgan fingerprint density at radius 1 is 1.47 bits per heavy atom.